The van der Waals surface area contributed by atoms with Crippen molar-refractivity contribution < 1.29 is 9.59 Å². The number of anilines is 1. The predicted octanol–water partition coefficient (Wildman–Crippen LogP) is 0.449. The van der Waals surface area contributed by atoms with Gasteiger partial charge in [0.05, 0.1) is 0 Å². The summed E-state index contributed by atoms with van der Waals surface area (Å²) in [6.07, 6.45) is 0.430. The highest BCUT2D eigenvalue weighted by Gasteiger charge is 2.30. The number of piperazine rings is 1. The Bertz CT molecular complexity index is 575. The molecule has 0 bridgehead atoms. The largest absolute Gasteiger partial charge is 0.374 e. The SMILES string of the molecule is Cc1cccc(N(C)CCC(=O)N2CCN(C)[C@H](C(N)=O)C2)c1. The van der Waals surface area contributed by atoms with Crippen molar-refractivity contribution in [3.63, 3.8) is 0 Å². The zero-order chi connectivity index (χ0) is 17.0. The Balaban J connectivity index is 1.88. The van der Waals surface area contributed by atoms with E-state index in [1.807, 2.05) is 31.1 Å². The van der Waals surface area contributed by atoms with Crippen LogP contribution < -0.4 is 10.6 Å². The first-order chi connectivity index (χ1) is 10.9. The molecule has 1 aromatic carbocycles. The summed E-state index contributed by atoms with van der Waals surface area (Å²) < 4.78 is 0. The van der Waals surface area contributed by atoms with Crippen LogP contribution >= 0.6 is 0 Å². The van der Waals surface area contributed by atoms with Gasteiger partial charge in [-0.2, -0.15) is 0 Å². The van der Waals surface area contributed by atoms with Gasteiger partial charge >= 0.3 is 0 Å². The molecule has 1 fully saturated rings. The van der Waals surface area contributed by atoms with Gasteiger partial charge in [0.1, 0.15) is 6.04 Å². The first-order valence-corrected chi connectivity index (χ1v) is 7.93. The van der Waals surface area contributed by atoms with Gasteiger partial charge in [-0.25, -0.2) is 0 Å². The summed E-state index contributed by atoms with van der Waals surface area (Å²) in [5.74, 6) is -0.300. The highest BCUT2D eigenvalue weighted by molar-refractivity contribution is 5.82. The van der Waals surface area contributed by atoms with Crippen molar-refractivity contribution in [3.8, 4) is 0 Å². The molecule has 1 aromatic rings. The van der Waals surface area contributed by atoms with Crippen LogP contribution in [0.15, 0.2) is 24.3 Å². The minimum Gasteiger partial charge on any atom is -0.374 e. The van der Waals surface area contributed by atoms with Gasteiger partial charge in [0.25, 0.3) is 0 Å². The Hall–Kier alpha value is -2.08. The maximum Gasteiger partial charge on any atom is 0.236 e. The van der Waals surface area contributed by atoms with Gasteiger partial charge in [0.15, 0.2) is 0 Å². The normalized spacial score (nSPS) is 18.7. The molecule has 2 rings (SSSR count). The Morgan fingerprint density at radius 2 is 2.09 bits per heavy atom. The lowest BCUT2D eigenvalue weighted by Crippen LogP contribution is -2.58. The van der Waals surface area contributed by atoms with Gasteiger partial charge in [-0.05, 0) is 31.7 Å². The molecule has 1 aliphatic rings. The minimum absolute atomic E-state index is 0.0730. The Labute approximate surface area is 137 Å². The van der Waals surface area contributed by atoms with Gasteiger partial charge in [0, 0.05) is 45.3 Å². The van der Waals surface area contributed by atoms with E-state index in [2.05, 4.69) is 24.0 Å². The van der Waals surface area contributed by atoms with Gasteiger partial charge < -0.3 is 15.5 Å². The molecule has 2 amide bonds. The molecule has 0 aliphatic carbocycles. The zero-order valence-corrected chi connectivity index (χ0v) is 14.2. The molecule has 1 aliphatic heterocycles. The summed E-state index contributed by atoms with van der Waals surface area (Å²) in [6, 6.07) is 7.82. The number of amides is 2. The van der Waals surface area contributed by atoms with E-state index in [1.54, 1.807) is 4.90 Å². The molecule has 1 heterocycles. The highest BCUT2D eigenvalue weighted by atomic mass is 16.2. The van der Waals surface area contributed by atoms with Crippen molar-refractivity contribution in [2.45, 2.75) is 19.4 Å². The van der Waals surface area contributed by atoms with E-state index < -0.39 is 0 Å². The number of aryl methyl sites for hydroxylation is 1. The average molecular weight is 318 g/mol. The lowest BCUT2D eigenvalue weighted by atomic mass is 10.1. The molecule has 6 heteroatoms. The number of likely N-dealkylation sites (N-methyl/N-ethyl adjacent to an activating group) is 1. The molecule has 1 saturated heterocycles. The second-order valence-electron chi connectivity index (χ2n) is 6.25. The fourth-order valence-corrected chi connectivity index (χ4v) is 2.82. The first kappa shape index (κ1) is 17.3. The van der Waals surface area contributed by atoms with E-state index in [9.17, 15) is 9.59 Å². The van der Waals surface area contributed by atoms with Crippen molar-refractivity contribution in [1.29, 1.82) is 0 Å². The Morgan fingerprint density at radius 1 is 1.35 bits per heavy atom. The van der Waals surface area contributed by atoms with Crippen LogP contribution in [0.5, 0.6) is 0 Å². The van der Waals surface area contributed by atoms with Crippen LogP contribution in [0.3, 0.4) is 0 Å². The van der Waals surface area contributed by atoms with Crippen molar-refractivity contribution in [1.82, 2.24) is 9.80 Å². The molecule has 23 heavy (non-hydrogen) atoms. The molecule has 0 saturated carbocycles. The predicted molar refractivity (Wildman–Crippen MR) is 91.3 cm³/mol. The standard InChI is InChI=1S/C17H26N4O2/c1-13-5-4-6-14(11-13)19(2)8-7-16(22)21-10-9-20(3)15(12-21)17(18)23/h4-6,11,15H,7-10,12H2,1-3H3,(H2,18,23)/t15-/m0/s1. The van der Waals surface area contributed by atoms with Crippen molar-refractivity contribution in [2.24, 2.45) is 5.73 Å². The second kappa shape index (κ2) is 7.46. The number of benzene rings is 1. The summed E-state index contributed by atoms with van der Waals surface area (Å²) in [6.45, 7) is 4.41. The van der Waals surface area contributed by atoms with E-state index in [4.69, 9.17) is 5.73 Å². The van der Waals surface area contributed by atoms with Gasteiger partial charge in [-0.1, -0.05) is 12.1 Å². The van der Waals surface area contributed by atoms with Crippen molar-refractivity contribution in [2.75, 3.05) is 45.2 Å². The van der Waals surface area contributed by atoms with Gasteiger partial charge in [-0.3, -0.25) is 14.5 Å². The molecule has 126 valence electrons. The number of rotatable bonds is 5. The fraction of sp³-hybridized carbons (Fsp3) is 0.529. The summed E-state index contributed by atoms with van der Waals surface area (Å²) in [5, 5.41) is 0. The number of primary amides is 1. The molecule has 0 radical (unpaired) electrons. The van der Waals surface area contributed by atoms with Crippen LogP contribution in [0.25, 0.3) is 0 Å². The number of nitrogens with two attached hydrogens (primary N) is 1. The summed E-state index contributed by atoms with van der Waals surface area (Å²) >= 11 is 0. The smallest absolute Gasteiger partial charge is 0.236 e. The lowest BCUT2D eigenvalue weighted by molar-refractivity contribution is -0.136. The van der Waals surface area contributed by atoms with Crippen LogP contribution in [0.1, 0.15) is 12.0 Å². The van der Waals surface area contributed by atoms with E-state index in [0.29, 0.717) is 32.6 Å². The Morgan fingerprint density at radius 3 is 2.74 bits per heavy atom. The first-order valence-electron chi connectivity index (χ1n) is 7.93. The maximum atomic E-state index is 12.4. The number of hydrogen-bond donors (Lipinski definition) is 1. The van der Waals surface area contributed by atoms with Crippen molar-refractivity contribution >= 4 is 17.5 Å². The van der Waals surface area contributed by atoms with Crippen LogP contribution in [0, 0.1) is 6.92 Å². The average Bonchev–Trinajstić information content (AvgIpc) is 2.52. The molecule has 0 spiro atoms. The molecule has 1 atom stereocenters. The molecular formula is C17H26N4O2. The third kappa shape index (κ3) is 4.45. The molecule has 0 unspecified atom stereocenters. The summed E-state index contributed by atoms with van der Waals surface area (Å²) in [7, 11) is 3.85. The lowest BCUT2D eigenvalue weighted by Gasteiger charge is -2.38. The monoisotopic (exact) mass is 318 g/mol. The Kier molecular flexibility index (Phi) is 5.60. The molecule has 2 N–H and O–H groups in total. The number of nitrogens with zero attached hydrogens (tertiary/aromatic N) is 3. The van der Waals surface area contributed by atoms with Crippen LogP contribution in [0.4, 0.5) is 5.69 Å². The minimum atomic E-state index is -0.387. The van der Waals surface area contributed by atoms with Gasteiger partial charge in [0.2, 0.25) is 11.8 Å². The quantitative estimate of drug-likeness (QED) is 0.856. The van der Waals surface area contributed by atoms with E-state index in [1.165, 1.54) is 5.56 Å². The molecular weight excluding hydrogens is 292 g/mol. The fourth-order valence-electron chi connectivity index (χ4n) is 2.82. The summed E-state index contributed by atoms with van der Waals surface area (Å²) in [4.78, 5) is 29.6. The van der Waals surface area contributed by atoms with Crippen LogP contribution in [-0.4, -0.2) is 67.9 Å². The number of carbonyl (C=O) groups excluding carboxylic acids is 2. The zero-order valence-electron chi connectivity index (χ0n) is 14.2. The van der Waals surface area contributed by atoms with E-state index in [-0.39, 0.29) is 17.9 Å². The molecule has 0 aromatic heterocycles. The number of hydrogen-bond acceptors (Lipinski definition) is 4. The highest BCUT2D eigenvalue weighted by Crippen LogP contribution is 2.15. The third-order valence-electron chi connectivity index (χ3n) is 4.43. The second-order valence-corrected chi connectivity index (χ2v) is 6.25. The topological polar surface area (TPSA) is 69.9 Å². The third-order valence-corrected chi connectivity index (χ3v) is 4.43. The van der Waals surface area contributed by atoms with Crippen molar-refractivity contribution in [3.05, 3.63) is 29.8 Å². The molecule has 6 nitrogen and oxygen atoms in total. The maximum absolute atomic E-state index is 12.4. The van der Waals surface area contributed by atoms with E-state index in [0.717, 1.165) is 5.69 Å². The van der Waals surface area contributed by atoms with Crippen LogP contribution in [0.2, 0.25) is 0 Å². The van der Waals surface area contributed by atoms with Crippen LogP contribution in [-0.2, 0) is 9.59 Å². The number of carbonyl (C=O) groups is 2. The van der Waals surface area contributed by atoms with Gasteiger partial charge in [-0.15, -0.1) is 0 Å². The summed E-state index contributed by atoms with van der Waals surface area (Å²) in [5.41, 5.74) is 7.71. The van der Waals surface area contributed by atoms with E-state index >= 15 is 0 Å².